The zero-order valence-corrected chi connectivity index (χ0v) is 8.38. The van der Waals surface area contributed by atoms with Crippen molar-refractivity contribution < 1.29 is 5.11 Å². The monoisotopic (exact) mass is 211 g/mol. The number of nitrogens with zero attached hydrogens (tertiary/aromatic N) is 2. The van der Waals surface area contributed by atoms with Gasteiger partial charge in [0, 0.05) is 11.8 Å². The van der Waals surface area contributed by atoms with Gasteiger partial charge in [-0.1, -0.05) is 30.3 Å². The van der Waals surface area contributed by atoms with Gasteiger partial charge < -0.3 is 10.1 Å². The molecule has 4 heteroatoms. The van der Waals surface area contributed by atoms with Crippen LogP contribution in [-0.4, -0.2) is 20.1 Å². The maximum absolute atomic E-state index is 9.72. The lowest BCUT2D eigenvalue weighted by Crippen LogP contribution is -1.89. The van der Waals surface area contributed by atoms with E-state index in [1.165, 1.54) is 0 Å². The van der Waals surface area contributed by atoms with Gasteiger partial charge in [0.1, 0.15) is 5.52 Å². The van der Waals surface area contributed by atoms with Crippen LogP contribution >= 0.6 is 0 Å². The van der Waals surface area contributed by atoms with Crippen LogP contribution in [0.4, 0.5) is 0 Å². The average molecular weight is 211 g/mol. The van der Waals surface area contributed by atoms with Crippen LogP contribution in [0.1, 0.15) is 0 Å². The molecular weight excluding hydrogens is 202 g/mol. The Morgan fingerprint density at radius 1 is 1.00 bits per heavy atom. The summed E-state index contributed by atoms with van der Waals surface area (Å²) < 4.78 is 0. The summed E-state index contributed by atoms with van der Waals surface area (Å²) in [6.07, 6.45) is 1.73. The first kappa shape index (κ1) is 8.91. The number of fused-ring (bicyclic) bond motifs is 1. The Bertz CT molecular complexity index is 631. The first-order chi connectivity index (χ1) is 7.84. The summed E-state index contributed by atoms with van der Waals surface area (Å²) in [6, 6.07) is 11.4. The highest BCUT2D eigenvalue weighted by atomic mass is 16.3. The van der Waals surface area contributed by atoms with Crippen LogP contribution in [0.15, 0.2) is 42.6 Å². The Kier molecular flexibility index (Phi) is 1.86. The predicted octanol–water partition coefficient (Wildman–Crippen LogP) is 2.33. The van der Waals surface area contributed by atoms with Crippen molar-refractivity contribution in [3.05, 3.63) is 42.6 Å². The van der Waals surface area contributed by atoms with Gasteiger partial charge in [-0.05, 0) is 6.07 Å². The van der Waals surface area contributed by atoms with E-state index in [1.54, 1.807) is 6.20 Å². The number of aromatic nitrogens is 3. The molecule has 0 fully saturated rings. The van der Waals surface area contributed by atoms with Gasteiger partial charge in [0.05, 0.1) is 5.52 Å². The van der Waals surface area contributed by atoms with Crippen molar-refractivity contribution in [1.82, 2.24) is 15.0 Å². The van der Waals surface area contributed by atoms with Gasteiger partial charge in [-0.3, -0.25) is 0 Å². The second kappa shape index (κ2) is 3.34. The highest BCUT2D eigenvalue weighted by Gasteiger charge is 2.08. The molecule has 0 saturated carbocycles. The maximum Gasteiger partial charge on any atom is 0.239 e. The molecule has 3 aromatic rings. The smallest absolute Gasteiger partial charge is 0.239 e. The molecule has 0 spiro atoms. The summed E-state index contributed by atoms with van der Waals surface area (Å²) >= 11 is 0. The van der Waals surface area contributed by atoms with Crippen LogP contribution < -0.4 is 0 Å². The summed E-state index contributed by atoms with van der Waals surface area (Å²) in [4.78, 5) is 11.3. The molecule has 2 aromatic heterocycles. The standard InChI is InChI=1S/C12H9N3O/c16-12-10-9(6-7-13-10)14-11(15-12)8-4-2-1-3-5-8/h1-7,13H,(H,14,15,16). The molecule has 0 aliphatic heterocycles. The number of rotatable bonds is 1. The van der Waals surface area contributed by atoms with Crippen molar-refractivity contribution in [2.45, 2.75) is 0 Å². The molecule has 2 heterocycles. The quantitative estimate of drug-likeness (QED) is 0.649. The Labute approximate surface area is 91.6 Å². The Morgan fingerprint density at radius 3 is 2.62 bits per heavy atom. The minimum absolute atomic E-state index is 0.0196. The normalized spacial score (nSPS) is 10.8. The lowest BCUT2D eigenvalue weighted by atomic mass is 10.2. The molecule has 3 rings (SSSR count). The Balaban J connectivity index is 2.25. The number of aromatic hydroxyl groups is 1. The van der Waals surface area contributed by atoms with E-state index in [0.29, 0.717) is 16.9 Å². The number of benzene rings is 1. The summed E-state index contributed by atoms with van der Waals surface area (Å²) in [5.41, 5.74) is 2.17. The minimum atomic E-state index is -0.0196. The van der Waals surface area contributed by atoms with Crippen molar-refractivity contribution in [2.24, 2.45) is 0 Å². The third-order valence-electron chi connectivity index (χ3n) is 2.42. The van der Waals surface area contributed by atoms with E-state index in [1.807, 2.05) is 36.4 Å². The molecule has 0 unspecified atom stereocenters. The largest absolute Gasteiger partial charge is 0.492 e. The zero-order valence-electron chi connectivity index (χ0n) is 8.38. The third-order valence-corrected chi connectivity index (χ3v) is 2.42. The lowest BCUT2D eigenvalue weighted by Gasteiger charge is -2.01. The van der Waals surface area contributed by atoms with Gasteiger partial charge in [0.2, 0.25) is 5.88 Å². The number of H-pyrrole nitrogens is 1. The fourth-order valence-electron chi connectivity index (χ4n) is 1.65. The predicted molar refractivity (Wildman–Crippen MR) is 61.0 cm³/mol. The molecule has 0 saturated heterocycles. The molecule has 0 radical (unpaired) electrons. The summed E-state index contributed by atoms with van der Waals surface area (Å²) in [5, 5.41) is 9.72. The molecule has 0 atom stereocenters. The van der Waals surface area contributed by atoms with Gasteiger partial charge in [-0.2, -0.15) is 4.98 Å². The van der Waals surface area contributed by atoms with Crippen molar-refractivity contribution in [3.63, 3.8) is 0 Å². The van der Waals surface area contributed by atoms with Crippen molar-refractivity contribution >= 4 is 11.0 Å². The molecule has 78 valence electrons. The fourth-order valence-corrected chi connectivity index (χ4v) is 1.65. The number of aromatic amines is 1. The topological polar surface area (TPSA) is 61.8 Å². The Hall–Kier alpha value is -2.36. The number of hydrogen-bond acceptors (Lipinski definition) is 3. The molecule has 0 bridgehead atoms. The molecular formula is C12H9N3O. The second-order valence-electron chi connectivity index (χ2n) is 3.47. The van der Waals surface area contributed by atoms with Crippen LogP contribution in [0, 0.1) is 0 Å². The molecule has 1 aromatic carbocycles. The van der Waals surface area contributed by atoms with Crippen LogP contribution in [-0.2, 0) is 0 Å². The van der Waals surface area contributed by atoms with Crippen LogP contribution in [0.5, 0.6) is 5.88 Å². The van der Waals surface area contributed by atoms with Gasteiger partial charge >= 0.3 is 0 Å². The van der Waals surface area contributed by atoms with E-state index in [4.69, 9.17) is 0 Å². The van der Waals surface area contributed by atoms with E-state index in [0.717, 1.165) is 5.56 Å². The van der Waals surface area contributed by atoms with E-state index in [9.17, 15) is 5.11 Å². The van der Waals surface area contributed by atoms with Gasteiger partial charge in [0.15, 0.2) is 5.82 Å². The maximum atomic E-state index is 9.72. The van der Waals surface area contributed by atoms with Crippen LogP contribution in [0.3, 0.4) is 0 Å². The van der Waals surface area contributed by atoms with Crippen LogP contribution in [0.25, 0.3) is 22.4 Å². The fraction of sp³-hybridized carbons (Fsp3) is 0. The van der Waals surface area contributed by atoms with Gasteiger partial charge in [-0.25, -0.2) is 4.98 Å². The molecule has 0 amide bonds. The number of nitrogens with one attached hydrogen (secondary N) is 1. The highest BCUT2D eigenvalue weighted by Crippen LogP contribution is 2.23. The van der Waals surface area contributed by atoms with Crippen molar-refractivity contribution in [3.8, 4) is 17.3 Å². The Morgan fingerprint density at radius 2 is 1.81 bits per heavy atom. The third kappa shape index (κ3) is 1.32. The lowest BCUT2D eigenvalue weighted by molar-refractivity contribution is 0.459. The minimum Gasteiger partial charge on any atom is -0.492 e. The molecule has 0 aliphatic carbocycles. The molecule has 0 aliphatic rings. The molecule has 2 N–H and O–H groups in total. The van der Waals surface area contributed by atoms with Crippen LogP contribution in [0.2, 0.25) is 0 Å². The van der Waals surface area contributed by atoms with Gasteiger partial charge in [0.25, 0.3) is 0 Å². The van der Waals surface area contributed by atoms with E-state index in [2.05, 4.69) is 15.0 Å². The number of hydrogen-bond donors (Lipinski definition) is 2. The SMILES string of the molecule is Oc1nc(-c2ccccc2)nc2cc[nH]c12. The first-order valence-corrected chi connectivity index (χ1v) is 4.94. The van der Waals surface area contributed by atoms with E-state index < -0.39 is 0 Å². The summed E-state index contributed by atoms with van der Waals surface area (Å²) in [7, 11) is 0. The second-order valence-corrected chi connectivity index (χ2v) is 3.47. The van der Waals surface area contributed by atoms with Crippen molar-refractivity contribution in [1.29, 1.82) is 0 Å². The summed E-state index contributed by atoms with van der Waals surface area (Å²) in [5.74, 6) is 0.513. The summed E-state index contributed by atoms with van der Waals surface area (Å²) in [6.45, 7) is 0. The first-order valence-electron chi connectivity index (χ1n) is 4.94. The highest BCUT2D eigenvalue weighted by molar-refractivity contribution is 5.81. The van der Waals surface area contributed by atoms with Crippen molar-refractivity contribution in [2.75, 3.05) is 0 Å². The molecule has 4 nitrogen and oxygen atoms in total. The van der Waals surface area contributed by atoms with E-state index in [-0.39, 0.29) is 5.88 Å². The zero-order chi connectivity index (χ0) is 11.0. The van der Waals surface area contributed by atoms with Gasteiger partial charge in [-0.15, -0.1) is 0 Å². The van der Waals surface area contributed by atoms with E-state index >= 15 is 0 Å². The average Bonchev–Trinajstić information content (AvgIpc) is 2.79. The molecule has 16 heavy (non-hydrogen) atoms.